The maximum Gasteiger partial charge on any atom is 0.250 e. The molecule has 5 heteroatoms. The molecule has 72 valence electrons. The average molecular weight is 183 g/mol. The second kappa shape index (κ2) is 4.04. The van der Waals surface area contributed by atoms with Gasteiger partial charge in [-0.3, -0.25) is 14.3 Å². The molecule has 0 aliphatic heterocycles. The molecule has 0 radical (unpaired) electrons. The molecule has 1 heterocycles. The van der Waals surface area contributed by atoms with Gasteiger partial charge in [0, 0.05) is 18.8 Å². The fourth-order valence-corrected chi connectivity index (χ4v) is 1.00. The van der Waals surface area contributed by atoms with Gasteiger partial charge in [0.1, 0.15) is 0 Å². The summed E-state index contributed by atoms with van der Waals surface area (Å²) in [5.41, 5.74) is 3.15. The van der Waals surface area contributed by atoms with Gasteiger partial charge in [-0.15, -0.1) is 0 Å². The highest BCUT2D eigenvalue weighted by Gasteiger charge is 2.15. The SMILES string of the molecule is CONC(=O)C(C)c1cnn(C)c1. The minimum Gasteiger partial charge on any atom is -0.277 e. The second-order valence-electron chi connectivity index (χ2n) is 2.84. The molecule has 1 rings (SSSR count). The van der Waals surface area contributed by atoms with Crippen molar-refractivity contribution in [3.05, 3.63) is 18.0 Å². The van der Waals surface area contributed by atoms with Crippen molar-refractivity contribution < 1.29 is 9.63 Å². The number of carbonyl (C=O) groups excluding carboxylic acids is 1. The van der Waals surface area contributed by atoms with Gasteiger partial charge in [0.05, 0.1) is 19.2 Å². The number of nitrogens with zero attached hydrogens (tertiary/aromatic N) is 2. The standard InChI is InChI=1S/C8H13N3O2/c1-6(8(12)10-13-3)7-4-9-11(2)5-7/h4-6H,1-3H3,(H,10,12). The van der Waals surface area contributed by atoms with E-state index in [1.807, 2.05) is 7.05 Å². The molecule has 13 heavy (non-hydrogen) atoms. The van der Waals surface area contributed by atoms with Crippen LogP contribution in [-0.2, 0) is 16.7 Å². The normalized spacial score (nSPS) is 12.5. The van der Waals surface area contributed by atoms with Gasteiger partial charge in [0.25, 0.3) is 5.91 Å². The maximum absolute atomic E-state index is 11.3. The van der Waals surface area contributed by atoms with Crippen LogP contribution >= 0.6 is 0 Å². The topological polar surface area (TPSA) is 56.1 Å². The van der Waals surface area contributed by atoms with Crippen molar-refractivity contribution >= 4 is 5.91 Å². The van der Waals surface area contributed by atoms with Crippen molar-refractivity contribution in [1.82, 2.24) is 15.3 Å². The fourth-order valence-electron chi connectivity index (χ4n) is 1.00. The number of hydrogen-bond acceptors (Lipinski definition) is 3. The molecule has 1 atom stereocenters. The third-order valence-corrected chi connectivity index (χ3v) is 1.82. The van der Waals surface area contributed by atoms with Crippen molar-refractivity contribution in [2.45, 2.75) is 12.8 Å². The van der Waals surface area contributed by atoms with Gasteiger partial charge in [-0.2, -0.15) is 5.10 Å². The summed E-state index contributed by atoms with van der Waals surface area (Å²) in [4.78, 5) is 15.8. The van der Waals surface area contributed by atoms with Gasteiger partial charge < -0.3 is 0 Å². The zero-order chi connectivity index (χ0) is 9.84. The van der Waals surface area contributed by atoms with Crippen LogP contribution in [0.25, 0.3) is 0 Å². The Morgan fingerprint density at radius 1 is 1.77 bits per heavy atom. The Hall–Kier alpha value is -1.36. The van der Waals surface area contributed by atoms with Crippen LogP contribution in [0.4, 0.5) is 0 Å². The Kier molecular flexibility index (Phi) is 3.02. The highest BCUT2D eigenvalue weighted by atomic mass is 16.6. The Morgan fingerprint density at radius 3 is 2.92 bits per heavy atom. The fraction of sp³-hybridized carbons (Fsp3) is 0.500. The highest BCUT2D eigenvalue weighted by molar-refractivity contribution is 5.82. The number of nitrogens with one attached hydrogen (secondary N) is 1. The second-order valence-corrected chi connectivity index (χ2v) is 2.84. The summed E-state index contributed by atoms with van der Waals surface area (Å²) in [5, 5.41) is 3.98. The van der Waals surface area contributed by atoms with Crippen LogP contribution in [0.1, 0.15) is 18.4 Å². The van der Waals surface area contributed by atoms with E-state index >= 15 is 0 Å². The lowest BCUT2D eigenvalue weighted by Crippen LogP contribution is -2.26. The number of rotatable bonds is 3. The smallest absolute Gasteiger partial charge is 0.250 e. The Morgan fingerprint density at radius 2 is 2.46 bits per heavy atom. The molecule has 5 nitrogen and oxygen atoms in total. The number of aromatic nitrogens is 2. The van der Waals surface area contributed by atoms with Gasteiger partial charge in [-0.1, -0.05) is 0 Å². The van der Waals surface area contributed by atoms with Crippen molar-refractivity contribution in [3.63, 3.8) is 0 Å². The van der Waals surface area contributed by atoms with Crippen LogP contribution in [0, 0.1) is 0 Å². The van der Waals surface area contributed by atoms with E-state index in [4.69, 9.17) is 0 Å². The first-order valence-corrected chi connectivity index (χ1v) is 3.96. The number of amides is 1. The first kappa shape index (κ1) is 9.73. The van der Waals surface area contributed by atoms with Crippen LogP contribution in [0.3, 0.4) is 0 Å². The minimum absolute atomic E-state index is 0.171. The maximum atomic E-state index is 11.3. The summed E-state index contributed by atoms with van der Waals surface area (Å²) in [6.45, 7) is 1.80. The quantitative estimate of drug-likeness (QED) is 0.681. The van der Waals surface area contributed by atoms with Crippen molar-refractivity contribution in [3.8, 4) is 0 Å². The predicted octanol–water partition coefficient (Wildman–Crippen LogP) is 0.201. The van der Waals surface area contributed by atoms with Crippen LogP contribution in [0.15, 0.2) is 12.4 Å². The molecular formula is C8H13N3O2. The summed E-state index contributed by atoms with van der Waals surface area (Å²) in [6.07, 6.45) is 3.47. The first-order chi connectivity index (χ1) is 6.15. The molecule has 0 bridgehead atoms. The lowest BCUT2D eigenvalue weighted by Gasteiger charge is -2.07. The van der Waals surface area contributed by atoms with Crippen LogP contribution in [-0.4, -0.2) is 22.8 Å². The van der Waals surface area contributed by atoms with E-state index in [-0.39, 0.29) is 11.8 Å². The van der Waals surface area contributed by atoms with E-state index in [1.165, 1.54) is 7.11 Å². The molecule has 0 fully saturated rings. The Bertz CT molecular complexity index is 295. The third kappa shape index (κ3) is 2.29. The molecule has 0 spiro atoms. The molecule has 1 N–H and O–H groups in total. The van der Waals surface area contributed by atoms with E-state index < -0.39 is 0 Å². The lowest BCUT2D eigenvalue weighted by atomic mass is 10.1. The van der Waals surface area contributed by atoms with Gasteiger partial charge in [0.15, 0.2) is 0 Å². The zero-order valence-electron chi connectivity index (χ0n) is 7.94. The molecule has 0 aromatic carbocycles. The van der Waals surface area contributed by atoms with E-state index in [0.717, 1.165) is 5.56 Å². The van der Waals surface area contributed by atoms with Gasteiger partial charge >= 0.3 is 0 Å². The van der Waals surface area contributed by atoms with Crippen LogP contribution in [0.5, 0.6) is 0 Å². The molecule has 1 aromatic rings. The molecule has 0 aliphatic rings. The van der Waals surface area contributed by atoms with Gasteiger partial charge in [-0.25, -0.2) is 5.48 Å². The average Bonchev–Trinajstić information content (AvgIpc) is 2.51. The summed E-state index contributed by atoms with van der Waals surface area (Å²) in [7, 11) is 3.22. The Labute approximate surface area is 76.6 Å². The molecule has 1 aromatic heterocycles. The largest absolute Gasteiger partial charge is 0.277 e. The monoisotopic (exact) mass is 183 g/mol. The third-order valence-electron chi connectivity index (χ3n) is 1.82. The van der Waals surface area contributed by atoms with E-state index in [2.05, 4.69) is 15.4 Å². The molecule has 1 unspecified atom stereocenters. The molecule has 0 saturated heterocycles. The van der Waals surface area contributed by atoms with Gasteiger partial charge in [-0.05, 0) is 6.92 Å². The zero-order valence-corrected chi connectivity index (χ0v) is 7.94. The van der Waals surface area contributed by atoms with E-state index in [0.29, 0.717) is 0 Å². The highest BCUT2D eigenvalue weighted by Crippen LogP contribution is 2.13. The summed E-state index contributed by atoms with van der Waals surface area (Å²) >= 11 is 0. The number of aryl methyl sites for hydroxylation is 1. The summed E-state index contributed by atoms with van der Waals surface area (Å²) in [6, 6.07) is 0. The molecule has 0 aliphatic carbocycles. The van der Waals surface area contributed by atoms with Crippen LogP contribution < -0.4 is 5.48 Å². The van der Waals surface area contributed by atoms with Crippen molar-refractivity contribution in [1.29, 1.82) is 0 Å². The minimum atomic E-state index is -0.242. The molecular weight excluding hydrogens is 170 g/mol. The van der Waals surface area contributed by atoms with Crippen LogP contribution in [0.2, 0.25) is 0 Å². The molecule has 0 saturated carbocycles. The first-order valence-electron chi connectivity index (χ1n) is 3.96. The summed E-state index contributed by atoms with van der Waals surface area (Å²) < 4.78 is 1.66. The van der Waals surface area contributed by atoms with Crippen molar-refractivity contribution in [2.75, 3.05) is 7.11 Å². The molecule has 1 amide bonds. The van der Waals surface area contributed by atoms with E-state index in [9.17, 15) is 4.79 Å². The number of hydrogen-bond donors (Lipinski definition) is 1. The Balaban J connectivity index is 2.67. The van der Waals surface area contributed by atoms with Gasteiger partial charge in [0.2, 0.25) is 0 Å². The van der Waals surface area contributed by atoms with E-state index in [1.54, 1.807) is 24.0 Å². The lowest BCUT2D eigenvalue weighted by molar-refractivity contribution is -0.132. The predicted molar refractivity (Wildman–Crippen MR) is 46.8 cm³/mol. The summed E-state index contributed by atoms with van der Waals surface area (Å²) in [5.74, 6) is -0.413. The number of carbonyl (C=O) groups is 1. The number of hydroxylamine groups is 1. The van der Waals surface area contributed by atoms with Crippen molar-refractivity contribution in [2.24, 2.45) is 7.05 Å².